The first-order chi connectivity index (χ1) is 26.2. The highest BCUT2D eigenvalue weighted by atomic mass is 15.0. The molecule has 8 aromatic carbocycles. The highest BCUT2D eigenvalue weighted by Gasteiger charge is 2.16. The van der Waals surface area contributed by atoms with Gasteiger partial charge in [0.05, 0.1) is 11.0 Å². The summed E-state index contributed by atoms with van der Waals surface area (Å²) in [6, 6.07) is 68.2. The molecule has 0 saturated carbocycles. The molecule has 0 saturated heterocycles. The number of hydrogen-bond donors (Lipinski definition) is 0. The number of rotatable bonds is 6. The van der Waals surface area contributed by atoms with Crippen LogP contribution < -0.4 is 0 Å². The largest absolute Gasteiger partial charge is 0.309 e. The molecule has 2 heterocycles. The van der Waals surface area contributed by atoms with Crippen LogP contribution >= 0.6 is 0 Å². The van der Waals surface area contributed by atoms with Crippen LogP contribution in [0.5, 0.6) is 0 Å². The predicted octanol–water partition coefficient (Wildman–Crippen LogP) is 12.5. The minimum atomic E-state index is 0.633. The maximum atomic E-state index is 5.08. The fourth-order valence-electron chi connectivity index (χ4n) is 7.37. The summed E-state index contributed by atoms with van der Waals surface area (Å²) in [5.41, 5.74) is 10.9. The van der Waals surface area contributed by atoms with E-state index in [1.54, 1.807) is 0 Å². The van der Waals surface area contributed by atoms with Crippen molar-refractivity contribution in [2.45, 2.75) is 0 Å². The summed E-state index contributed by atoms with van der Waals surface area (Å²) in [4.78, 5) is 15.1. The van der Waals surface area contributed by atoms with Gasteiger partial charge in [0, 0.05) is 33.2 Å². The summed E-state index contributed by atoms with van der Waals surface area (Å²) >= 11 is 0. The molecule has 0 N–H and O–H groups in total. The normalized spacial score (nSPS) is 11.4. The molecule has 4 heteroatoms. The molecule has 0 aliphatic carbocycles. The van der Waals surface area contributed by atoms with Crippen LogP contribution in [0, 0.1) is 0 Å². The van der Waals surface area contributed by atoms with E-state index in [1.807, 2.05) is 30.3 Å². The number of nitrogens with zero attached hydrogens (tertiary/aromatic N) is 4. The highest BCUT2D eigenvalue weighted by Crippen LogP contribution is 2.36. The van der Waals surface area contributed by atoms with E-state index >= 15 is 0 Å². The van der Waals surface area contributed by atoms with E-state index in [2.05, 4.69) is 168 Å². The van der Waals surface area contributed by atoms with E-state index in [1.165, 1.54) is 38.1 Å². The van der Waals surface area contributed by atoms with Gasteiger partial charge in [-0.3, -0.25) is 0 Å². The molecule has 0 radical (unpaired) electrons. The third kappa shape index (κ3) is 5.63. The van der Waals surface area contributed by atoms with Gasteiger partial charge >= 0.3 is 0 Å². The fraction of sp³-hybridized carbons (Fsp3) is 0. The molecule has 53 heavy (non-hydrogen) atoms. The minimum absolute atomic E-state index is 0.633. The summed E-state index contributed by atoms with van der Waals surface area (Å²) in [7, 11) is 0. The second kappa shape index (κ2) is 12.9. The Hall–Kier alpha value is -7.17. The van der Waals surface area contributed by atoms with Crippen molar-refractivity contribution in [1.29, 1.82) is 0 Å². The highest BCUT2D eigenvalue weighted by molar-refractivity contribution is 6.10. The Balaban J connectivity index is 1.06. The number of para-hydroxylation sites is 2. The van der Waals surface area contributed by atoms with Crippen molar-refractivity contribution in [3.05, 3.63) is 194 Å². The van der Waals surface area contributed by atoms with Gasteiger partial charge in [0.15, 0.2) is 17.5 Å². The van der Waals surface area contributed by atoms with Gasteiger partial charge in [0.2, 0.25) is 0 Å². The van der Waals surface area contributed by atoms with Gasteiger partial charge in [-0.25, -0.2) is 15.0 Å². The third-order valence-electron chi connectivity index (χ3n) is 10.0. The van der Waals surface area contributed by atoms with Gasteiger partial charge in [-0.15, -0.1) is 0 Å². The van der Waals surface area contributed by atoms with Crippen LogP contribution in [-0.2, 0) is 0 Å². The lowest BCUT2D eigenvalue weighted by Gasteiger charge is -2.11. The Morgan fingerprint density at radius 3 is 1.58 bits per heavy atom. The molecule has 0 aliphatic heterocycles. The molecule has 248 valence electrons. The maximum Gasteiger partial charge on any atom is 0.164 e. The molecule has 0 bridgehead atoms. The molecular weight excluding hydrogens is 645 g/mol. The fourth-order valence-corrected chi connectivity index (χ4v) is 7.37. The molecule has 0 atom stereocenters. The predicted molar refractivity (Wildman–Crippen MR) is 219 cm³/mol. The summed E-state index contributed by atoms with van der Waals surface area (Å²) < 4.78 is 2.35. The monoisotopic (exact) mass is 676 g/mol. The first-order valence-electron chi connectivity index (χ1n) is 17.9. The summed E-state index contributed by atoms with van der Waals surface area (Å²) in [5, 5.41) is 4.93. The van der Waals surface area contributed by atoms with E-state index < -0.39 is 0 Å². The molecule has 0 unspecified atom stereocenters. The molecule has 0 fully saturated rings. The van der Waals surface area contributed by atoms with E-state index in [0.717, 1.165) is 39.1 Å². The lowest BCUT2D eigenvalue weighted by Crippen LogP contribution is -2.00. The van der Waals surface area contributed by atoms with Gasteiger partial charge in [-0.2, -0.15) is 0 Å². The standard InChI is InChI=1S/C49H32N4/c1-3-13-35(14-4-1)47-50-48(36-25-22-34(23-26-36)39-27-24-33-12-7-8-15-37(33)30-39)52-49(51-47)41-17-11-16-38(31-41)40-28-29-44-43-20-9-10-21-45(43)53(46(44)32-40)42-18-5-2-6-19-42/h1-32H. The van der Waals surface area contributed by atoms with Crippen LogP contribution in [0.15, 0.2) is 194 Å². The second-order valence-electron chi connectivity index (χ2n) is 13.3. The lowest BCUT2D eigenvalue weighted by atomic mass is 10.00. The van der Waals surface area contributed by atoms with Gasteiger partial charge in [-0.05, 0) is 69.4 Å². The molecule has 4 nitrogen and oxygen atoms in total. The van der Waals surface area contributed by atoms with E-state index in [4.69, 9.17) is 15.0 Å². The SMILES string of the molecule is c1ccc(-c2nc(-c3ccc(-c4ccc5ccccc5c4)cc3)nc(-c3cccc(-c4ccc5c6ccccc6n(-c6ccccc6)c5c4)c3)n2)cc1. The number of benzene rings is 8. The van der Waals surface area contributed by atoms with E-state index in [-0.39, 0.29) is 0 Å². The molecule has 0 spiro atoms. The van der Waals surface area contributed by atoms with Crippen LogP contribution in [0.2, 0.25) is 0 Å². The van der Waals surface area contributed by atoms with Crippen LogP contribution in [-0.4, -0.2) is 19.5 Å². The van der Waals surface area contributed by atoms with Gasteiger partial charge in [0.25, 0.3) is 0 Å². The van der Waals surface area contributed by atoms with Gasteiger partial charge in [0.1, 0.15) is 0 Å². The van der Waals surface area contributed by atoms with Crippen LogP contribution in [0.3, 0.4) is 0 Å². The molecule has 0 amide bonds. The van der Waals surface area contributed by atoms with Crippen LogP contribution in [0.1, 0.15) is 0 Å². The average molecular weight is 677 g/mol. The Labute approximate surface area is 307 Å². The van der Waals surface area contributed by atoms with Crippen LogP contribution in [0.4, 0.5) is 0 Å². The molecule has 10 aromatic rings. The van der Waals surface area contributed by atoms with Crippen molar-refractivity contribution in [3.63, 3.8) is 0 Å². The zero-order valence-corrected chi connectivity index (χ0v) is 28.8. The maximum absolute atomic E-state index is 5.08. The minimum Gasteiger partial charge on any atom is -0.309 e. The van der Waals surface area contributed by atoms with Gasteiger partial charge in [-0.1, -0.05) is 158 Å². The number of fused-ring (bicyclic) bond motifs is 4. The zero-order valence-electron chi connectivity index (χ0n) is 28.8. The molecule has 0 aliphatic rings. The van der Waals surface area contributed by atoms with Crippen molar-refractivity contribution in [3.8, 4) is 62.1 Å². The first-order valence-corrected chi connectivity index (χ1v) is 17.9. The van der Waals surface area contributed by atoms with Gasteiger partial charge < -0.3 is 4.57 Å². The summed E-state index contributed by atoms with van der Waals surface area (Å²) in [6.45, 7) is 0. The number of aromatic nitrogens is 4. The number of hydrogen-bond acceptors (Lipinski definition) is 3. The van der Waals surface area contributed by atoms with Crippen molar-refractivity contribution < 1.29 is 0 Å². The smallest absolute Gasteiger partial charge is 0.164 e. The Morgan fingerprint density at radius 1 is 0.283 bits per heavy atom. The topological polar surface area (TPSA) is 43.6 Å². The van der Waals surface area contributed by atoms with Crippen molar-refractivity contribution in [2.75, 3.05) is 0 Å². The quantitative estimate of drug-likeness (QED) is 0.176. The molecule has 10 rings (SSSR count). The van der Waals surface area contributed by atoms with E-state index in [9.17, 15) is 0 Å². The zero-order chi connectivity index (χ0) is 35.1. The Kier molecular flexibility index (Phi) is 7.43. The first kappa shape index (κ1) is 30.6. The average Bonchev–Trinajstić information content (AvgIpc) is 3.58. The van der Waals surface area contributed by atoms with Crippen molar-refractivity contribution in [2.24, 2.45) is 0 Å². The summed E-state index contributed by atoms with van der Waals surface area (Å²) in [6.07, 6.45) is 0. The van der Waals surface area contributed by atoms with Crippen molar-refractivity contribution >= 4 is 32.6 Å². The Bertz CT molecular complexity index is 2930. The van der Waals surface area contributed by atoms with Crippen molar-refractivity contribution in [1.82, 2.24) is 19.5 Å². The molecular formula is C49H32N4. The van der Waals surface area contributed by atoms with E-state index in [0.29, 0.717) is 17.5 Å². The second-order valence-corrected chi connectivity index (χ2v) is 13.3. The lowest BCUT2D eigenvalue weighted by molar-refractivity contribution is 1.07. The van der Waals surface area contributed by atoms with Crippen LogP contribution in [0.25, 0.3) is 94.7 Å². The Morgan fingerprint density at radius 2 is 0.792 bits per heavy atom. The summed E-state index contributed by atoms with van der Waals surface area (Å²) in [5.74, 6) is 1.91. The third-order valence-corrected chi connectivity index (χ3v) is 10.0. The molecule has 2 aromatic heterocycles.